The Bertz CT molecular complexity index is 777. The Kier molecular flexibility index (Phi) is 6.78. The smallest absolute Gasteiger partial charge is 0.243 e. The Labute approximate surface area is 154 Å². The summed E-state index contributed by atoms with van der Waals surface area (Å²) in [6, 6.07) is 11.6. The van der Waals surface area contributed by atoms with Gasteiger partial charge in [0.25, 0.3) is 0 Å². The summed E-state index contributed by atoms with van der Waals surface area (Å²) in [5.74, 6) is 0.373. The summed E-state index contributed by atoms with van der Waals surface area (Å²) < 4.78 is 5.28. The van der Waals surface area contributed by atoms with Crippen molar-refractivity contribution in [2.75, 3.05) is 19.0 Å². The molecule has 0 fully saturated rings. The molecular weight excluding hydrogens is 328 g/mol. The predicted molar refractivity (Wildman–Crippen MR) is 104 cm³/mol. The summed E-state index contributed by atoms with van der Waals surface area (Å²) in [5, 5.41) is 5.55. The van der Waals surface area contributed by atoms with Crippen LogP contribution in [0.4, 0.5) is 5.69 Å². The maximum atomic E-state index is 12.1. The van der Waals surface area contributed by atoms with Crippen molar-refractivity contribution in [2.45, 2.75) is 33.6 Å². The molecule has 2 N–H and O–H groups in total. The van der Waals surface area contributed by atoms with Gasteiger partial charge in [-0.05, 0) is 49.9 Å². The van der Waals surface area contributed by atoms with Crippen molar-refractivity contribution in [3.63, 3.8) is 0 Å². The highest BCUT2D eigenvalue weighted by molar-refractivity contribution is 5.95. The number of hydrogen-bond donors (Lipinski definition) is 2. The van der Waals surface area contributed by atoms with Gasteiger partial charge >= 0.3 is 0 Å². The lowest BCUT2D eigenvalue weighted by Crippen LogP contribution is -2.33. The van der Waals surface area contributed by atoms with Gasteiger partial charge in [0, 0.05) is 12.1 Å². The van der Waals surface area contributed by atoms with Gasteiger partial charge < -0.3 is 15.4 Å². The van der Waals surface area contributed by atoms with Crippen LogP contribution in [0, 0.1) is 20.8 Å². The molecule has 2 amide bonds. The van der Waals surface area contributed by atoms with E-state index in [2.05, 4.69) is 10.6 Å². The van der Waals surface area contributed by atoms with E-state index >= 15 is 0 Å². The van der Waals surface area contributed by atoms with Crippen molar-refractivity contribution in [3.8, 4) is 5.75 Å². The number of aryl methyl sites for hydroxylation is 4. The molecule has 0 aliphatic rings. The minimum atomic E-state index is -0.231. The molecule has 0 aromatic heterocycles. The lowest BCUT2D eigenvalue weighted by atomic mass is 10.1. The number of hydrogen-bond acceptors (Lipinski definition) is 3. The molecule has 2 rings (SSSR count). The van der Waals surface area contributed by atoms with Crippen LogP contribution in [-0.2, 0) is 16.0 Å². The number of para-hydroxylation sites is 1. The van der Waals surface area contributed by atoms with Crippen molar-refractivity contribution in [3.05, 3.63) is 58.7 Å². The van der Waals surface area contributed by atoms with E-state index in [1.807, 2.05) is 57.2 Å². The first-order valence-electron chi connectivity index (χ1n) is 8.67. The number of carbonyl (C=O) groups excluding carboxylic acids is 2. The molecule has 2 aromatic rings. The van der Waals surface area contributed by atoms with E-state index < -0.39 is 0 Å². The van der Waals surface area contributed by atoms with Crippen LogP contribution in [0.15, 0.2) is 36.4 Å². The van der Waals surface area contributed by atoms with Crippen molar-refractivity contribution < 1.29 is 14.3 Å². The third-order valence-corrected chi connectivity index (χ3v) is 4.20. The Morgan fingerprint density at radius 3 is 2.31 bits per heavy atom. The molecule has 0 saturated heterocycles. The van der Waals surface area contributed by atoms with Crippen LogP contribution in [-0.4, -0.2) is 25.5 Å². The SMILES string of the molecule is COc1ccccc1CCC(=O)NCC(=O)Nc1c(C)cc(C)cc1C. The lowest BCUT2D eigenvalue weighted by molar-refractivity contribution is -0.124. The van der Waals surface area contributed by atoms with Gasteiger partial charge in [-0.3, -0.25) is 9.59 Å². The number of nitrogens with one attached hydrogen (secondary N) is 2. The van der Waals surface area contributed by atoms with Crippen molar-refractivity contribution in [1.82, 2.24) is 5.32 Å². The van der Waals surface area contributed by atoms with Crippen LogP contribution in [0.1, 0.15) is 28.7 Å². The zero-order chi connectivity index (χ0) is 19.1. The highest BCUT2D eigenvalue weighted by Gasteiger charge is 2.11. The van der Waals surface area contributed by atoms with Crippen LogP contribution in [0.5, 0.6) is 5.75 Å². The molecule has 5 heteroatoms. The minimum absolute atomic E-state index is 0.0441. The molecule has 0 aliphatic heterocycles. The fourth-order valence-corrected chi connectivity index (χ4v) is 2.99. The molecule has 26 heavy (non-hydrogen) atoms. The molecule has 0 saturated carbocycles. The summed E-state index contributed by atoms with van der Waals surface area (Å²) in [5.41, 5.74) is 4.96. The monoisotopic (exact) mass is 354 g/mol. The van der Waals surface area contributed by atoms with Gasteiger partial charge in [-0.1, -0.05) is 35.9 Å². The molecule has 0 spiro atoms. The van der Waals surface area contributed by atoms with E-state index in [9.17, 15) is 9.59 Å². The van der Waals surface area contributed by atoms with Crippen LogP contribution >= 0.6 is 0 Å². The maximum absolute atomic E-state index is 12.1. The second-order valence-electron chi connectivity index (χ2n) is 6.41. The second kappa shape index (κ2) is 9.04. The molecular formula is C21H26N2O3. The molecule has 0 unspecified atom stereocenters. The fourth-order valence-electron chi connectivity index (χ4n) is 2.99. The molecule has 0 radical (unpaired) electrons. The van der Waals surface area contributed by atoms with E-state index in [4.69, 9.17) is 4.74 Å². The first-order valence-corrected chi connectivity index (χ1v) is 8.67. The molecule has 0 atom stereocenters. The summed E-state index contributed by atoms with van der Waals surface area (Å²) in [6.07, 6.45) is 0.865. The fraction of sp³-hybridized carbons (Fsp3) is 0.333. The topological polar surface area (TPSA) is 67.4 Å². The Hall–Kier alpha value is -2.82. The minimum Gasteiger partial charge on any atom is -0.496 e. The number of amides is 2. The number of ether oxygens (including phenoxy) is 1. The molecule has 138 valence electrons. The number of anilines is 1. The summed E-state index contributed by atoms with van der Waals surface area (Å²) in [6.45, 7) is 5.90. The van der Waals surface area contributed by atoms with E-state index in [1.54, 1.807) is 7.11 Å². The van der Waals surface area contributed by atoms with E-state index in [0.717, 1.165) is 33.7 Å². The van der Waals surface area contributed by atoms with Gasteiger partial charge in [-0.25, -0.2) is 0 Å². The molecule has 0 heterocycles. The van der Waals surface area contributed by atoms with Crippen LogP contribution in [0.3, 0.4) is 0 Å². The van der Waals surface area contributed by atoms with E-state index in [-0.39, 0.29) is 18.4 Å². The zero-order valence-corrected chi connectivity index (χ0v) is 15.8. The molecule has 0 bridgehead atoms. The largest absolute Gasteiger partial charge is 0.496 e. The van der Waals surface area contributed by atoms with E-state index in [0.29, 0.717) is 12.8 Å². The average Bonchev–Trinajstić information content (AvgIpc) is 2.61. The number of rotatable bonds is 7. The standard InChI is InChI=1S/C21H26N2O3/c1-14-11-15(2)21(16(3)12-14)23-20(25)13-22-19(24)10-9-17-7-5-6-8-18(17)26-4/h5-8,11-12H,9-10,13H2,1-4H3,(H,22,24)(H,23,25). The quantitative estimate of drug-likeness (QED) is 0.802. The van der Waals surface area contributed by atoms with Crippen LogP contribution in [0.25, 0.3) is 0 Å². The van der Waals surface area contributed by atoms with Gasteiger partial charge in [0.05, 0.1) is 13.7 Å². The highest BCUT2D eigenvalue weighted by Crippen LogP contribution is 2.21. The number of benzene rings is 2. The molecule has 0 aliphatic carbocycles. The van der Waals surface area contributed by atoms with Gasteiger partial charge in [-0.2, -0.15) is 0 Å². The zero-order valence-electron chi connectivity index (χ0n) is 15.8. The first-order chi connectivity index (χ1) is 12.4. The Balaban J connectivity index is 1.83. The van der Waals surface area contributed by atoms with Gasteiger partial charge in [0.2, 0.25) is 11.8 Å². The van der Waals surface area contributed by atoms with Crippen LogP contribution < -0.4 is 15.4 Å². The normalized spacial score (nSPS) is 10.3. The lowest BCUT2D eigenvalue weighted by Gasteiger charge is -2.13. The highest BCUT2D eigenvalue weighted by atomic mass is 16.5. The predicted octanol–water partition coefficient (Wildman–Crippen LogP) is 3.31. The Morgan fingerprint density at radius 2 is 1.65 bits per heavy atom. The number of carbonyl (C=O) groups is 2. The molecule has 2 aromatic carbocycles. The summed E-state index contributed by atoms with van der Waals surface area (Å²) >= 11 is 0. The summed E-state index contributed by atoms with van der Waals surface area (Å²) in [7, 11) is 1.61. The van der Waals surface area contributed by atoms with Crippen molar-refractivity contribution >= 4 is 17.5 Å². The van der Waals surface area contributed by atoms with E-state index in [1.165, 1.54) is 0 Å². The van der Waals surface area contributed by atoms with Crippen LogP contribution in [0.2, 0.25) is 0 Å². The summed E-state index contributed by atoms with van der Waals surface area (Å²) in [4.78, 5) is 24.2. The van der Waals surface area contributed by atoms with Crippen molar-refractivity contribution in [2.24, 2.45) is 0 Å². The third-order valence-electron chi connectivity index (χ3n) is 4.20. The first kappa shape index (κ1) is 19.5. The number of methoxy groups -OCH3 is 1. The molecule has 5 nitrogen and oxygen atoms in total. The Morgan fingerprint density at radius 1 is 1.00 bits per heavy atom. The van der Waals surface area contributed by atoms with Gasteiger partial charge in [0.1, 0.15) is 5.75 Å². The van der Waals surface area contributed by atoms with Crippen molar-refractivity contribution in [1.29, 1.82) is 0 Å². The maximum Gasteiger partial charge on any atom is 0.243 e. The van der Waals surface area contributed by atoms with Gasteiger partial charge in [0.15, 0.2) is 0 Å². The third kappa shape index (κ3) is 5.34. The van der Waals surface area contributed by atoms with Gasteiger partial charge in [-0.15, -0.1) is 0 Å². The second-order valence-corrected chi connectivity index (χ2v) is 6.41. The average molecular weight is 354 g/mol.